The highest BCUT2D eigenvalue weighted by atomic mass is 31.1. The van der Waals surface area contributed by atoms with E-state index in [2.05, 4.69) is 138 Å². The molecule has 3 heteroatoms. The Labute approximate surface area is 239 Å². The van der Waals surface area contributed by atoms with Gasteiger partial charge in [-0.3, -0.25) is 4.99 Å². The standard InChI is InChI=1S/C36H50NOP/c1-32(2,3)25-22-27(33(4,5)6)30(38)28(23-25)36(34(7,8)9)20-21-39(35(10,11)12)31(36)37-29-19-15-17-24-16-13-14-18-26(24)29/h13-19,22-23,38H,20-21H2,1-12H3. The van der Waals surface area contributed by atoms with Crippen molar-refractivity contribution in [2.75, 3.05) is 6.16 Å². The fourth-order valence-electron chi connectivity index (χ4n) is 6.29. The third-order valence-electron chi connectivity index (χ3n) is 8.67. The normalized spacial score (nSPS) is 22.2. The lowest BCUT2D eigenvalue weighted by Crippen LogP contribution is -2.44. The summed E-state index contributed by atoms with van der Waals surface area (Å²) in [5, 5.41) is 14.7. The minimum atomic E-state index is -0.553. The van der Waals surface area contributed by atoms with Crippen LogP contribution in [0.3, 0.4) is 0 Å². The van der Waals surface area contributed by atoms with Gasteiger partial charge in [-0.2, -0.15) is 0 Å². The van der Waals surface area contributed by atoms with Gasteiger partial charge >= 0.3 is 0 Å². The van der Waals surface area contributed by atoms with E-state index < -0.39 is 7.92 Å². The molecule has 1 aliphatic rings. The van der Waals surface area contributed by atoms with Gasteiger partial charge in [0.15, 0.2) is 0 Å². The number of aromatic hydroxyl groups is 1. The third-order valence-corrected chi connectivity index (χ3v) is 12.0. The molecule has 210 valence electrons. The van der Waals surface area contributed by atoms with E-state index in [1.54, 1.807) is 0 Å². The fourth-order valence-corrected chi connectivity index (χ4v) is 9.62. The molecule has 1 fully saturated rings. The van der Waals surface area contributed by atoms with Crippen molar-refractivity contribution in [3.63, 3.8) is 0 Å². The molecule has 0 amide bonds. The molecule has 39 heavy (non-hydrogen) atoms. The van der Waals surface area contributed by atoms with Crippen LogP contribution in [-0.2, 0) is 16.2 Å². The lowest BCUT2D eigenvalue weighted by Gasteiger charge is -2.46. The Kier molecular flexibility index (Phi) is 7.43. The lowest BCUT2D eigenvalue weighted by molar-refractivity contribution is 0.251. The van der Waals surface area contributed by atoms with Crippen molar-refractivity contribution in [1.82, 2.24) is 0 Å². The summed E-state index contributed by atoms with van der Waals surface area (Å²) < 4.78 is 0. The number of nitrogens with zero attached hydrogens (tertiary/aromatic N) is 1. The topological polar surface area (TPSA) is 32.6 Å². The van der Waals surface area contributed by atoms with Crippen LogP contribution in [-0.4, -0.2) is 21.9 Å². The predicted molar refractivity (Wildman–Crippen MR) is 174 cm³/mol. The SMILES string of the molecule is CC(C)(C)c1cc(C(C)(C)C)c(O)c(C2(C(C)(C)C)CCP(C(C)(C)C)C2=Nc2cccc3ccccc23)c1. The van der Waals surface area contributed by atoms with Crippen molar-refractivity contribution in [2.45, 2.75) is 111 Å². The summed E-state index contributed by atoms with van der Waals surface area (Å²) in [6.07, 6.45) is 2.11. The van der Waals surface area contributed by atoms with E-state index in [4.69, 9.17) is 4.99 Å². The molecule has 1 aliphatic heterocycles. The Bertz CT molecular complexity index is 1400. The second-order valence-electron chi connectivity index (χ2n) is 15.6. The van der Waals surface area contributed by atoms with Crippen molar-refractivity contribution >= 4 is 29.8 Å². The number of aliphatic imine (C=N–C) groups is 1. The van der Waals surface area contributed by atoms with Gasteiger partial charge in [0.2, 0.25) is 0 Å². The Morgan fingerprint density at radius 1 is 0.769 bits per heavy atom. The molecule has 0 spiro atoms. The highest BCUT2D eigenvalue weighted by Gasteiger charge is 2.57. The molecule has 3 aromatic rings. The number of fused-ring (bicyclic) bond motifs is 1. The minimum absolute atomic E-state index is 0.0399. The number of hydrogen-bond donors (Lipinski definition) is 1. The first-order valence-electron chi connectivity index (χ1n) is 14.5. The summed E-state index contributed by atoms with van der Waals surface area (Å²) in [5.74, 6) is 0.460. The first kappa shape index (κ1) is 29.8. The smallest absolute Gasteiger partial charge is 0.123 e. The second kappa shape index (κ2) is 9.73. The molecule has 0 radical (unpaired) electrons. The van der Waals surface area contributed by atoms with Crippen LogP contribution in [0.2, 0.25) is 0 Å². The van der Waals surface area contributed by atoms with Crippen LogP contribution in [0.4, 0.5) is 5.69 Å². The zero-order valence-electron chi connectivity index (χ0n) is 26.5. The van der Waals surface area contributed by atoms with Gasteiger partial charge in [-0.05, 0) is 56.6 Å². The summed E-state index contributed by atoms with van der Waals surface area (Å²) >= 11 is 0. The molecule has 0 aromatic heterocycles. The summed E-state index contributed by atoms with van der Waals surface area (Å²) in [7, 11) is -0.553. The van der Waals surface area contributed by atoms with E-state index in [1.165, 1.54) is 21.8 Å². The molecular weight excluding hydrogens is 493 g/mol. The number of hydrogen-bond acceptors (Lipinski definition) is 2. The van der Waals surface area contributed by atoms with Crippen LogP contribution in [0.25, 0.3) is 10.8 Å². The van der Waals surface area contributed by atoms with E-state index >= 15 is 0 Å². The zero-order valence-corrected chi connectivity index (χ0v) is 27.3. The van der Waals surface area contributed by atoms with Crippen molar-refractivity contribution < 1.29 is 5.11 Å². The molecular formula is C36H50NOP. The van der Waals surface area contributed by atoms with Crippen LogP contribution >= 0.6 is 7.92 Å². The maximum Gasteiger partial charge on any atom is 0.123 e. The van der Waals surface area contributed by atoms with Crippen molar-refractivity contribution in [3.05, 3.63) is 71.3 Å². The van der Waals surface area contributed by atoms with Crippen molar-refractivity contribution in [3.8, 4) is 5.75 Å². The van der Waals surface area contributed by atoms with E-state index in [-0.39, 0.29) is 26.8 Å². The number of phenolic OH excluding ortho intramolecular Hbond substituents is 1. The summed E-state index contributed by atoms with van der Waals surface area (Å²) in [6, 6.07) is 19.6. The molecule has 2 atom stereocenters. The molecule has 2 nitrogen and oxygen atoms in total. The average Bonchev–Trinajstić information content (AvgIpc) is 3.18. The maximum absolute atomic E-state index is 12.2. The maximum atomic E-state index is 12.2. The van der Waals surface area contributed by atoms with Crippen LogP contribution in [0.15, 0.2) is 59.6 Å². The van der Waals surface area contributed by atoms with E-state index in [0.29, 0.717) is 5.75 Å². The van der Waals surface area contributed by atoms with Crippen LogP contribution in [0.5, 0.6) is 5.75 Å². The fraction of sp³-hybridized carbons (Fsp3) is 0.528. The third kappa shape index (κ3) is 5.31. The van der Waals surface area contributed by atoms with Gasteiger partial charge in [0.05, 0.1) is 11.1 Å². The molecule has 0 aliphatic carbocycles. The van der Waals surface area contributed by atoms with Gasteiger partial charge in [-0.1, -0.05) is 140 Å². The van der Waals surface area contributed by atoms with Gasteiger partial charge in [-0.25, -0.2) is 0 Å². The minimum Gasteiger partial charge on any atom is -0.507 e. The largest absolute Gasteiger partial charge is 0.507 e. The molecule has 3 aromatic carbocycles. The van der Waals surface area contributed by atoms with E-state index in [1.807, 2.05) is 0 Å². The molecule has 0 bridgehead atoms. The quantitative estimate of drug-likeness (QED) is 0.320. The average molecular weight is 544 g/mol. The number of benzene rings is 3. The van der Waals surface area contributed by atoms with Gasteiger partial charge < -0.3 is 5.11 Å². The second-order valence-corrected chi connectivity index (χ2v) is 18.6. The monoisotopic (exact) mass is 543 g/mol. The highest BCUT2D eigenvalue weighted by molar-refractivity contribution is 7.77. The predicted octanol–water partition coefficient (Wildman–Crippen LogP) is 10.8. The van der Waals surface area contributed by atoms with Crippen LogP contribution in [0, 0.1) is 5.41 Å². The molecule has 1 heterocycles. The van der Waals surface area contributed by atoms with E-state index in [9.17, 15) is 5.11 Å². The van der Waals surface area contributed by atoms with E-state index in [0.717, 1.165) is 29.4 Å². The number of phenols is 1. The first-order valence-corrected chi connectivity index (χ1v) is 16.0. The molecule has 1 saturated heterocycles. The molecule has 4 rings (SSSR count). The lowest BCUT2D eigenvalue weighted by atomic mass is 9.60. The Morgan fingerprint density at radius 2 is 1.38 bits per heavy atom. The number of rotatable bonds is 2. The Balaban J connectivity index is 2.16. The summed E-state index contributed by atoms with van der Waals surface area (Å²) in [5.41, 5.74) is 4.95. The van der Waals surface area contributed by atoms with Gasteiger partial charge in [0, 0.05) is 16.4 Å². The molecule has 1 N–H and O–H groups in total. The molecule has 0 saturated carbocycles. The van der Waals surface area contributed by atoms with Gasteiger partial charge in [0.25, 0.3) is 0 Å². The molecule has 2 unspecified atom stereocenters. The summed E-state index contributed by atoms with van der Waals surface area (Å²) in [6.45, 7) is 27.7. The van der Waals surface area contributed by atoms with Crippen molar-refractivity contribution in [1.29, 1.82) is 0 Å². The van der Waals surface area contributed by atoms with Gasteiger partial charge in [-0.15, -0.1) is 0 Å². The van der Waals surface area contributed by atoms with Crippen molar-refractivity contribution in [2.24, 2.45) is 10.4 Å². The Hall–Kier alpha value is -2.18. The first-order chi connectivity index (χ1) is 17.8. The van der Waals surface area contributed by atoms with Crippen LogP contribution in [0.1, 0.15) is 106 Å². The zero-order chi connectivity index (χ0) is 29.2. The summed E-state index contributed by atoms with van der Waals surface area (Å²) in [4.78, 5) is 5.69. The Morgan fingerprint density at radius 3 is 1.95 bits per heavy atom. The van der Waals surface area contributed by atoms with Gasteiger partial charge in [0.1, 0.15) is 5.75 Å². The van der Waals surface area contributed by atoms with Crippen LogP contribution < -0.4 is 0 Å². The highest BCUT2D eigenvalue weighted by Crippen LogP contribution is 2.68.